The van der Waals surface area contributed by atoms with Crippen molar-refractivity contribution in [3.05, 3.63) is 63.4 Å². The molecule has 152 valence electrons. The summed E-state index contributed by atoms with van der Waals surface area (Å²) in [6.07, 6.45) is 0. The predicted molar refractivity (Wildman–Crippen MR) is 112 cm³/mol. The minimum absolute atomic E-state index is 0.0526. The molecule has 0 unspecified atom stereocenters. The van der Waals surface area contributed by atoms with Gasteiger partial charge in [0.15, 0.2) is 22.6 Å². The maximum absolute atomic E-state index is 12.2. The number of thiazole rings is 1. The number of para-hydroxylation sites is 1. The van der Waals surface area contributed by atoms with E-state index in [1.807, 2.05) is 12.1 Å². The van der Waals surface area contributed by atoms with Gasteiger partial charge in [0.05, 0.1) is 10.8 Å². The molecule has 2 aromatic heterocycles. The predicted octanol–water partition coefficient (Wildman–Crippen LogP) is 3.43. The molecule has 4 aromatic rings. The number of carbonyl (C=O) groups is 1. The Morgan fingerprint density at radius 1 is 1.30 bits per heavy atom. The number of hydrogen-bond donors (Lipinski definition) is 2. The van der Waals surface area contributed by atoms with Crippen molar-refractivity contribution in [3.63, 3.8) is 0 Å². The number of ketones is 1. The molecule has 10 heteroatoms. The first-order valence-corrected chi connectivity index (χ1v) is 10.5. The van der Waals surface area contributed by atoms with Crippen molar-refractivity contribution in [2.24, 2.45) is 0 Å². The van der Waals surface area contributed by atoms with Crippen LogP contribution in [0.1, 0.15) is 22.8 Å². The quantitative estimate of drug-likeness (QED) is 0.316. The molecule has 4 rings (SSSR count). The van der Waals surface area contributed by atoms with Crippen LogP contribution in [-0.4, -0.2) is 21.1 Å². The molecule has 0 saturated heterocycles. The third-order valence-corrected chi connectivity index (χ3v) is 5.69. The minimum atomic E-state index is -0.596. The van der Waals surface area contributed by atoms with Crippen molar-refractivity contribution >= 4 is 38.2 Å². The van der Waals surface area contributed by atoms with Crippen LogP contribution >= 0.6 is 27.3 Å². The molecule has 0 spiro atoms. The van der Waals surface area contributed by atoms with E-state index in [9.17, 15) is 15.0 Å². The van der Waals surface area contributed by atoms with Crippen molar-refractivity contribution in [2.75, 3.05) is 5.32 Å². The lowest BCUT2D eigenvalue weighted by Crippen LogP contribution is -2.34. The number of rotatable bonds is 6. The smallest absolute Gasteiger partial charge is 0.289 e. The number of aromatic nitrogens is 3. The summed E-state index contributed by atoms with van der Waals surface area (Å²) in [4.78, 5) is 16.0. The summed E-state index contributed by atoms with van der Waals surface area (Å²) in [5.41, 5.74) is 2.12. The van der Waals surface area contributed by atoms with Crippen LogP contribution in [0.4, 0.5) is 5.13 Å². The summed E-state index contributed by atoms with van der Waals surface area (Å²) in [6.45, 7) is 1.67. The highest BCUT2D eigenvalue weighted by Gasteiger charge is 2.25. The van der Waals surface area contributed by atoms with Crippen molar-refractivity contribution in [1.29, 1.82) is 0 Å². The van der Waals surface area contributed by atoms with Crippen LogP contribution in [0.15, 0.2) is 56.8 Å². The molecular formula is C20H15BrN4O4S. The highest BCUT2D eigenvalue weighted by atomic mass is 79.9. The number of hydrogen-bond acceptors (Lipinski definition) is 8. The molecule has 2 aromatic carbocycles. The summed E-state index contributed by atoms with van der Waals surface area (Å²) < 4.78 is 7.15. The van der Waals surface area contributed by atoms with E-state index < -0.39 is 5.95 Å². The van der Waals surface area contributed by atoms with Gasteiger partial charge in [0, 0.05) is 34.1 Å². The van der Waals surface area contributed by atoms with E-state index >= 15 is 0 Å². The van der Waals surface area contributed by atoms with Crippen LogP contribution in [0, 0.1) is 0 Å². The van der Waals surface area contributed by atoms with Crippen LogP contribution in [0.5, 0.6) is 11.7 Å². The van der Waals surface area contributed by atoms with Crippen molar-refractivity contribution in [1.82, 2.24) is 10.3 Å². The Labute approximate surface area is 183 Å². The van der Waals surface area contributed by atoms with E-state index in [4.69, 9.17) is 4.52 Å². The zero-order valence-electron chi connectivity index (χ0n) is 15.6. The Kier molecular flexibility index (Phi) is 5.51. The Bertz CT molecular complexity index is 1220. The van der Waals surface area contributed by atoms with E-state index in [0.29, 0.717) is 22.1 Å². The number of anilines is 1. The van der Waals surface area contributed by atoms with Gasteiger partial charge in [0.2, 0.25) is 5.69 Å². The Hall–Kier alpha value is -3.24. The molecule has 0 aliphatic carbocycles. The maximum atomic E-state index is 12.2. The fourth-order valence-corrected chi connectivity index (χ4v) is 3.83. The molecule has 0 saturated carbocycles. The fourth-order valence-electron chi connectivity index (χ4n) is 2.87. The highest BCUT2D eigenvalue weighted by Crippen LogP contribution is 2.29. The summed E-state index contributed by atoms with van der Waals surface area (Å²) >= 11 is 4.67. The molecule has 30 heavy (non-hydrogen) atoms. The number of Topliss-reactive ketones (excluding diaryl/α,β-unsaturated/α-hetero) is 1. The van der Waals surface area contributed by atoms with Gasteiger partial charge in [-0.15, -0.1) is 11.3 Å². The molecule has 0 amide bonds. The molecule has 0 atom stereocenters. The fraction of sp³-hybridized carbons (Fsp3) is 0.100. The second-order valence-electron chi connectivity index (χ2n) is 6.36. The van der Waals surface area contributed by atoms with Gasteiger partial charge < -0.3 is 20.1 Å². The molecule has 2 heterocycles. The number of benzene rings is 2. The lowest BCUT2D eigenvalue weighted by atomic mass is 10.1. The molecule has 8 nitrogen and oxygen atoms in total. The highest BCUT2D eigenvalue weighted by molar-refractivity contribution is 9.10. The first-order chi connectivity index (χ1) is 14.4. The third kappa shape index (κ3) is 3.91. The van der Waals surface area contributed by atoms with Gasteiger partial charge in [-0.05, 0) is 29.8 Å². The average molecular weight is 487 g/mol. The third-order valence-electron chi connectivity index (χ3n) is 4.36. The van der Waals surface area contributed by atoms with Gasteiger partial charge in [-0.3, -0.25) is 4.79 Å². The summed E-state index contributed by atoms with van der Waals surface area (Å²) in [6, 6.07) is 12.3. The molecule has 0 fully saturated rings. The SMILES string of the molecule is CC(=O)c1cccc(CNc2nc(-c3c([O-])on[n+]3-c3ccc(Br)cc3)cs2)c1O. The molecule has 0 bridgehead atoms. The van der Waals surface area contributed by atoms with E-state index in [0.717, 1.165) is 4.47 Å². The van der Waals surface area contributed by atoms with E-state index in [1.165, 1.54) is 22.9 Å². The molecule has 0 radical (unpaired) electrons. The molecule has 0 aliphatic heterocycles. The number of carbonyl (C=O) groups excluding carboxylic acids is 1. The Morgan fingerprint density at radius 2 is 2.07 bits per heavy atom. The van der Waals surface area contributed by atoms with E-state index in [2.05, 4.69) is 31.5 Å². The van der Waals surface area contributed by atoms with E-state index in [1.54, 1.807) is 35.7 Å². The van der Waals surface area contributed by atoms with Crippen LogP contribution in [0.2, 0.25) is 0 Å². The second-order valence-corrected chi connectivity index (χ2v) is 8.13. The summed E-state index contributed by atoms with van der Waals surface area (Å²) in [5.74, 6) is -0.858. The number of nitrogens with one attached hydrogen (secondary N) is 1. The number of phenols is 1. The zero-order valence-corrected chi connectivity index (χ0v) is 18.0. The van der Waals surface area contributed by atoms with Gasteiger partial charge in [-0.2, -0.15) is 0 Å². The van der Waals surface area contributed by atoms with Crippen molar-refractivity contribution in [3.8, 4) is 28.8 Å². The Balaban J connectivity index is 1.57. The molecular weight excluding hydrogens is 472 g/mol. The summed E-state index contributed by atoms with van der Waals surface area (Å²) in [5, 5.41) is 31.7. The van der Waals surface area contributed by atoms with Crippen molar-refractivity contribution in [2.45, 2.75) is 13.5 Å². The topological polar surface area (TPSA) is 115 Å². The maximum Gasteiger partial charge on any atom is 0.289 e. The molecule has 0 aliphatic rings. The second kappa shape index (κ2) is 8.25. The van der Waals surface area contributed by atoms with Gasteiger partial charge in [0.25, 0.3) is 5.69 Å². The summed E-state index contributed by atoms with van der Waals surface area (Å²) in [7, 11) is 0. The Morgan fingerprint density at radius 3 is 2.80 bits per heavy atom. The average Bonchev–Trinajstić information content (AvgIpc) is 3.34. The van der Waals surface area contributed by atoms with Crippen LogP contribution in [-0.2, 0) is 6.54 Å². The largest absolute Gasteiger partial charge is 0.539 e. The van der Waals surface area contributed by atoms with Crippen molar-refractivity contribution < 1.29 is 24.2 Å². The zero-order chi connectivity index (χ0) is 21.3. The number of aromatic hydroxyl groups is 1. The van der Waals surface area contributed by atoms with Gasteiger partial charge in [0.1, 0.15) is 5.75 Å². The normalized spacial score (nSPS) is 10.9. The standard InChI is InChI=1S/C20H15BrN4O4S/c1-11(26)15-4-2-3-12(18(15)27)9-22-20-23-16(10-30-20)17-19(28)29-24-25(17)14-7-5-13(21)6-8-14/h2-8,10H,9H2,1H3,(H2-,22,23,24,26,27,28). The first kappa shape index (κ1) is 20.0. The van der Waals surface area contributed by atoms with Crippen LogP contribution < -0.4 is 15.1 Å². The van der Waals surface area contributed by atoms with Gasteiger partial charge in [-0.1, -0.05) is 28.1 Å². The first-order valence-electron chi connectivity index (χ1n) is 8.80. The lowest BCUT2D eigenvalue weighted by molar-refractivity contribution is -0.660. The number of halogens is 1. The molecule has 2 N–H and O–H groups in total. The van der Waals surface area contributed by atoms with Gasteiger partial charge in [-0.25, -0.2) is 4.98 Å². The minimum Gasteiger partial charge on any atom is -0.539 e. The van der Waals surface area contributed by atoms with Gasteiger partial charge >= 0.3 is 0 Å². The van der Waals surface area contributed by atoms with E-state index in [-0.39, 0.29) is 29.3 Å². The van der Waals surface area contributed by atoms with Crippen LogP contribution in [0.3, 0.4) is 0 Å². The van der Waals surface area contributed by atoms with Crippen LogP contribution in [0.25, 0.3) is 17.1 Å². The lowest BCUT2D eigenvalue weighted by Gasteiger charge is -2.08. The monoisotopic (exact) mass is 486 g/mol. The number of phenolic OH excluding ortho intramolecular Hbond substituents is 1. The number of nitrogens with zero attached hydrogens (tertiary/aromatic N) is 3.